The van der Waals surface area contributed by atoms with Crippen molar-refractivity contribution in [1.82, 2.24) is 0 Å². The lowest BCUT2D eigenvalue weighted by molar-refractivity contribution is -0.137. The van der Waals surface area contributed by atoms with E-state index in [4.69, 9.17) is 16.7 Å². The number of alkyl halides is 1. The zero-order chi connectivity index (χ0) is 15.1. The third kappa shape index (κ3) is 5.08. The number of carboxylic acid groups (broad SMARTS) is 1. The molecule has 20 heavy (non-hydrogen) atoms. The molecule has 1 unspecified atom stereocenters. The van der Waals surface area contributed by atoms with Crippen LogP contribution in [0.2, 0.25) is 0 Å². The van der Waals surface area contributed by atoms with Gasteiger partial charge in [0.15, 0.2) is 0 Å². The topological polar surface area (TPSA) is 77.8 Å². The van der Waals surface area contributed by atoms with E-state index in [2.05, 4.69) is 0 Å². The Balaban J connectivity index is 2.43. The standard InChI is InChI=1S/C15H25ClO4/c1-2-12(17)15-10(11(16)9-13(15)18)7-5-3-4-6-8-14(19)20/h3,5,10-13,15,17-18H,2,4,6-9H2,1H3,(H,19,20)/t10-,11+,12?,13+,15+/m0/s1. The van der Waals surface area contributed by atoms with Crippen LogP contribution in [0.15, 0.2) is 12.2 Å². The molecule has 1 rings (SSSR count). The molecule has 3 N–H and O–H groups in total. The van der Waals surface area contributed by atoms with Crippen molar-refractivity contribution < 1.29 is 20.1 Å². The smallest absolute Gasteiger partial charge is 0.303 e. The summed E-state index contributed by atoms with van der Waals surface area (Å²) < 4.78 is 0. The second kappa shape index (κ2) is 8.65. The normalized spacial score (nSPS) is 31.8. The van der Waals surface area contributed by atoms with Gasteiger partial charge in [-0.05, 0) is 38.0 Å². The lowest BCUT2D eigenvalue weighted by atomic mass is 9.85. The second-order valence-corrected chi connectivity index (χ2v) is 6.09. The van der Waals surface area contributed by atoms with E-state index in [9.17, 15) is 15.0 Å². The number of aliphatic hydroxyl groups excluding tert-OH is 2. The third-order valence-corrected chi connectivity index (χ3v) is 4.57. The molecule has 0 aromatic carbocycles. The van der Waals surface area contributed by atoms with Gasteiger partial charge in [-0.15, -0.1) is 11.6 Å². The average Bonchev–Trinajstić information content (AvgIpc) is 2.67. The number of unbranched alkanes of at least 4 members (excludes halogenated alkanes) is 1. The molecule has 1 saturated carbocycles. The summed E-state index contributed by atoms with van der Waals surface area (Å²) in [6, 6.07) is 0. The number of aliphatic carboxylic acids is 1. The predicted octanol–water partition coefficient (Wildman–Crippen LogP) is 2.56. The van der Waals surface area contributed by atoms with Crippen molar-refractivity contribution >= 4 is 17.6 Å². The van der Waals surface area contributed by atoms with Gasteiger partial charge in [0.1, 0.15) is 0 Å². The van der Waals surface area contributed by atoms with Crippen LogP contribution in [0.3, 0.4) is 0 Å². The Hall–Kier alpha value is -0.580. The summed E-state index contributed by atoms with van der Waals surface area (Å²) in [5.74, 6) is -0.854. The Morgan fingerprint density at radius 1 is 1.45 bits per heavy atom. The zero-order valence-corrected chi connectivity index (χ0v) is 12.7. The van der Waals surface area contributed by atoms with E-state index < -0.39 is 18.2 Å². The first kappa shape index (κ1) is 17.5. The molecule has 0 spiro atoms. The van der Waals surface area contributed by atoms with Crippen LogP contribution < -0.4 is 0 Å². The molecule has 5 heteroatoms. The molecule has 1 aliphatic carbocycles. The van der Waals surface area contributed by atoms with Crippen LogP contribution in [0.4, 0.5) is 0 Å². The van der Waals surface area contributed by atoms with Crippen molar-refractivity contribution in [2.75, 3.05) is 0 Å². The van der Waals surface area contributed by atoms with Crippen molar-refractivity contribution in [3.8, 4) is 0 Å². The molecule has 4 nitrogen and oxygen atoms in total. The minimum Gasteiger partial charge on any atom is -0.481 e. The van der Waals surface area contributed by atoms with Crippen molar-refractivity contribution in [3.63, 3.8) is 0 Å². The number of allylic oxidation sites excluding steroid dienone is 2. The predicted molar refractivity (Wildman–Crippen MR) is 78.8 cm³/mol. The summed E-state index contributed by atoms with van der Waals surface area (Å²) >= 11 is 6.27. The largest absolute Gasteiger partial charge is 0.481 e. The molecular formula is C15H25ClO4. The Labute approximate surface area is 125 Å². The molecule has 0 saturated heterocycles. The lowest BCUT2D eigenvalue weighted by Gasteiger charge is -2.26. The summed E-state index contributed by atoms with van der Waals surface area (Å²) in [7, 11) is 0. The van der Waals surface area contributed by atoms with Crippen molar-refractivity contribution in [2.45, 2.75) is 63.0 Å². The van der Waals surface area contributed by atoms with Crippen LogP contribution in [-0.2, 0) is 4.79 Å². The molecule has 0 bridgehead atoms. The van der Waals surface area contributed by atoms with Crippen LogP contribution in [-0.4, -0.2) is 38.9 Å². The fraction of sp³-hybridized carbons (Fsp3) is 0.800. The van der Waals surface area contributed by atoms with Gasteiger partial charge >= 0.3 is 5.97 Å². The molecule has 0 aromatic rings. The summed E-state index contributed by atoms with van der Waals surface area (Å²) in [6.45, 7) is 1.90. The van der Waals surface area contributed by atoms with Gasteiger partial charge in [0.2, 0.25) is 0 Å². The van der Waals surface area contributed by atoms with Crippen LogP contribution >= 0.6 is 11.6 Å². The highest BCUT2D eigenvalue weighted by molar-refractivity contribution is 6.21. The van der Waals surface area contributed by atoms with Gasteiger partial charge in [-0.3, -0.25) is 4.79 Å². The highest BCUT2D eigenvalue weighted by Crippen LogP contribution is 2.41. The zero-order valence-electron chi connectivity index (χ0n) is 11.9. The van der Waals surface area contributed by atoms with Gasteiger partial charge in [-0.2, -0.15) is 0 Å². The Kier molecular flexibility index (Phi) is 7.56. The van der Waals surface area contributed by atoms with E-state index in [0.29, 0.717) is 19.3 Å². The molecule has 0 aromatic heterocycles. The first-order chi connectivity index (χ1) is 9.47. The quantitative estimate of drug-likeness (QED) is 0.366. The molecule has 1 aliphatic rings. The van der Waals surface area contributed by atoms with E-state index in [0.717, 1.165) is 12.8 Å². The summed E-state index contributed by atoms with van der Waals surface area (Å²) in [5.41, 5.74) is 0. The number of aliphatic hydroxyl groups is 2. The number of hydrogen-bond acceptors (Lipinski definition) is 3. The molecule has 116 valence electrons. The van der Waals surface area contributed by atoms with Gasteiger partial charge < -0.3 is 15.3 Å². The molecule has 0 amide bonds. The fourth-order valence-electron chi connectivity index (χ4n) is 2.95. The van der Waals surface area contributed by atoms with E-state index in [1.807, 2.05) is 19.1 Å². The van der Waals surface area contributed by atoms with E-state index >= 15 is 0 Å². The molecule has 1 fully saturated rings. The summed E-state index contributed by atoms with van der Waals surface area (Å²) in [5, 5.41) is 28.4. The highest BCUT2D eigenvalue weighted by atomic mass is 35.5. The van der Waals surface area contributed by atoms with Gasteiger partial charge in [-0.1, -0.05) is 19.1 Å². The van der Waals surface area contributed by atoms with Crippen molar-refractivity contribution in [1.29, 1.82) is 0 Å². The molecule has 0 radical (unpaired) electrons. The first-order valence-corrected chi connectivity index (χ1v) is 7.78. The maximum absolute atomic E-state index is 10.4. The lowest BCUT2D eigenvalue weighted by Crippen LogP contribution is -2.32. The van der Waals surface area contributed by atoms with Crippen molar-refractivity contribution in [3.05, 3.63) is 12.2 Å². The number of carbonyl (C=O) groups is 1. The van der Waals surface area contributed by atoms with E-state index in [-0.39, 0.29) is 23.6 Å². The summed E-state index contributed by atoms with van der Waals surface area (Å²) in [6.07, 6.45) is 6.33. The van der Waals surface area contributed by atoms with Gasteiger partial charge in [-0.25, -0.2) is 0 Å². The Morgan fingerprint density at radius 2 is 2.15 bits per heavy atom. The highest BCUT2D eigenvalue weighted by Gasteiger charge is 2.43. The number of rotatable bonds is 8. The number of hydrogen-bond donors (Lipinski definition) is 3. The maximum atomic E-state index is 10.4. The van der Waals surface area contributed by atoms with Crippen molar-refractivity contribution in [2.24, 2.45) is 11.8 Å². The number of carboxylic acids is 1. The van der Waals surface area contributed by atoms with E-state index in [1.165, 1.54) is 0 Å². The maximum Gasteiger partial charge on any atom is 0.303 e. The Morgan fingerprint density at radius 3 is 2.75 bits per heavy atom. The van der Waals surface area contributed by atoms with Crippen LogP contribution in [0, 0.1) is 11.8 Å². The van der Waals surface area contributed by atoms with Crippen LogP contribution in [0.5, 0.6) is 0 Å². The van der Waals surface area contributed by atoms with Gasteiger partial charge in [0, 0.05) is 17.7 Å². The molecule has 5 atom stereocenters. The molecular weight excluding hydrogens is 280 g/mol. The molecule has 0 aliphatic heterocycles. The van der Waals surface area contributed by atoms with Crippen LogP contribution in [0.25, 0.3) is 0 Å². The summed E-state index contributed by atoms with van der Waals surface area (Å²) in [4.78, 5) is 10.4. The van der Waals surface area contributed by atoms with Crippen LogP contribution in [0.1, 0.15) is 45.4 Å². The second-order valence-electron chi connectivity index (χ2n) is 5.53. The SMILES string of the molecule is CCC(O)[C@H]1[C@@H](CC=CCCCC(=O)O)[C@H](Cl)C[C@H]1O. The third-order valence-electron chi connectivity index (χ3n) is 4.07. The first-order valence-electron chi connectivity index (χ1n) is 7.34. The minimum atomic E-state index is -0.774. The van der Waals surface area contributed by atoms with E-state index in [1.54, 1.807) is 0 Å². The molecule has 0 heterocycles. The monoisotopic (exact) mass is 304 g/mol. The van der Waals surface area contributed by atoms with Gasteiger partial charge in [0.05, 0.1) is 12.2 Å². The fourth-order valence-corrected chi connectivity index (χ4v) is 3.40. The minimum absolute atomic E-state index is 0.0809. The Bertz CT molecular complexity index is 328. The van der Waals surface area contributed by atoms with Gasteiger partial charge in [0.25, 0.3) is 0 Å². The average molecular weight is 305 g/mol. The number of halogens is 1.